The van der Waals surface area contributed by atoms with Crippen LogP contribution in [0.5, 0.6) is 0 Å². The van der Waals surface area contributed by atoms with Gasteiger partial charge in [0.05, 0.1) is 16.3 Å². The SMILES string of the molecule is CCN(c1ccccc1)S(=O)(=O)c1cc(C(=O)Nc2ccc(F)c(F)c2F)ccc1C. The van der Waals surface area contributed by atoms with Crippen LogP contribution in [0.4, 0.5) is 24.5 Å². The lowest BCUT2D eigenvalue weighted by molar-refractivity contribution is 0.102. The first-order chi connectivity index (χ1) is 14.7. The Kier molecular flexibility index (Phi) is 6.35. The monoisotopic (exact) mass is 448 g/mol. The lowest BCUT2D eigenvalue weighted by Gasteiger charge is -2.24. The van der Waals surface area contributed by atoms with Crippen molar-refractivity contribution in [2.45, 2.75) is 18.7 Å². The quantitative estimate of drug-likeness (QED) is 0.547. The third-order valence-electron chi connectivity index (χ3n) is 4.63. The smallest absolute Gasteiger partial charge is 0.264 e. The average molecular weight is 448 g/mol. The number of aryl methyl sites for hydroxylation is 1. The van der Waals surface area contributed by atoms with E-state index in [9.17, 15) is 26.4 Å². The minimum absolute atomic E-state index is 0.0857. The predicted molar refractivity (Wildman–Crippen MR) is 112 cm³/mol. The molecular formula is C22H19F3N2O3S. The molecule has 0 unspecified atom stereocenters. The maximum absolute atomic E-state index is 13.9. The van der Waals surface area contributed by atoms with Crippen molar-refractivity contribution in [3.05, 3.63) is 89.2 Å². The number of sulfonamides is 1. The van der Waals surface area contributed by atoms with Gasteiger partial charge in [-0.2, -0.15) is 0 Å². The third-order valence-corrected chi connectivity index (χ3v) is 6.68. The summed E-state index contributed by atoms with van der Waals surface area (Å²) in [6.07, 6.45) is 0. The van der Waals surface area contributed by atoms with Crippen molar-refractivity contribution in [1.29, 1.82) is 0 Å². The van der Waals surface area contributed by atoms with Crippen molar-refractivity contribution < 1.29 is 26.4 Å². The fraction of sp³-hybridized carbons (Fsp3) is 0.136. The van der Waals surface area contributed by atoms with Crippen molar-refractivity contribution in [1.82, 2.24) is 0 Å². The largest absolute Gasteiger partial charge is 0.319 e. The Morgan fingerprint density at radius 1 is 0.968 bits per heavy atom. The number of amides is 1. The van der Waals surface area contributed by atoms with Gasteiger partial charge < -0.3 is 5.32 Å². The Morgan fingerprint density at radius 3 is 2.29 bits per heavy atom. The summed E-state index contributed by atoms with van der Waals surface area (Å²) < 4.78 is 68.2. The van der Waals surface area contributed by atoms with Crippen LogP contribution in [0.1, 0.15) is 22.8 Å². The van der Waals surface area contributed by atoms with Gasteiger partial charge in [-0.1, -0.05) is 24.3 Å². The van der Waals surface area contributed by atoms with Crippen LogP contribution in [-0.4, -0.2) is 20.9 Å². The number of halogens is 3. The zero-order chi connectivity index (χ0) is 22.8. The van der Waals surface area contributed by atoms with Gasteiger partial charge in [0, 0.05) is 12.1 Å². The topological polar surface area (TPSA) is 66.5 Å². The molecule has 31 heavy (non-hydrogen) atoms. The van der Waals surface area contributed by atoms with Crippen LogP contribution in [-0.2, 0) is 10.0 Å². The molecule has 1 amide bonds. The average Bonchev–Trinajstić information content (AvgIpc) is 2.75. The Balaban J connectivity index is 1.98. The highest BCUT2D eigenvalue weighted by molar-refractivity contribution is 7.92. The van der Waals surface area contributed by atoms with E-state index in [4.69, 9.17) is 0 Å². The van der Waals surface area contributed by atoms with Crippen molar-refractivity contribution in [2.75, 3.05) is 16.2 Å². The Bertz CT molecular complexity index is 1230. The summed E-state index contributed by atoms with van der Waals surface area (Å²) in [5, 5.41) is 2.14. The number of anilines is 2. The summed E-state index contributed by atoms with van der Waals surface area (Å²) in [7, 11) is -4.01. The van der Waals surface area contributed by atoms with Crippen LogP contribution in [0.2, 0.25) is 0 Å². The van der Waals surface area contributed by atoms with Gasteiger partial charge in [-0.3, -0.25) is 9.10 Å². The Labute approximate surface area is 178 Å². The second-order valence-corrected chi connectivity index (χ2v) is 8.49. The second kappa shape index (κ2) is 8.81. The highest BCUT2D eigenvalue weighted by atomic mass is 32.2. The number of rotatable bonds is 6. The number of hydrogen-bond donors (Lipinski definition) is 1. The molecule has 9 heteroatoms. The van der Waals surface area contributed by atoms with Crippen molar-refractivity contribution >= 4 is 27.3 Å². The van der Waals surface area contributed by atoms with E-state index in [1.807, 2.05) is 0 Å². The standard InChI is InChI=1S/C22H19F3N2O3S/c1-3-27(16-7-5-4-6-8-16)31(29,30)19-13-15(10-9-14(19)2)22(28)26-18-12-11-17(23)20(24)21(18)25/h4-13H,3H2,1-2H3,(H,26,28). The van der Waals surface area contributed by atoms with Gasteiger partial charge in [-0.05, 0) is 55.8 Å². The first-order valence-corrected chi connectivity index (χ1v) is 10.7. The lowest BCUT2D eigenvalue weighted by Crippen LogP contribution is -2.31. The number of para-hydroxylation sites is 1. The molecule has 0 atom stereocenters. The molecule has 1 N–H and O–H groups in total. The summed E-state index contributed by atoms with van der Waals surface area (Å²) in [5.41, 5.74) is 0.221. The third kappa shape index (κ3) is 4.41. The van der Waals surface area contributed by atoms with Crippen LogP contribution < -0.4 is 9.62 Å². The molecule has 0 aliphatic rings. The molecular weight excluding hydrogens is 429 g/mol. The summed E-state index contributed by atoms with van der Waals surface area (Å²) in [6.45, 7) is 3.42. The summed E-state index contributed by atoms with van der Waals surface area (Å²) in [6, 6.07) is 14.0. The van der Waals surface area contributed by atoms with Gasteiger partial charge >= 0.3 is 0 Å². The van der Waals surface area contributed by atoms with Gasteiger partial charge in [0.15, 0.2) is 17.5 Å². The van der Waals surface area contributed by atoms with E-state index in [0.29, 0.717) is 17.3 Å². The molecule has 0 saturated heterocycles. The van der Waals surface area contributed by atoms with Gasteiger partial charge in [-0.15, -0.1) is 0 Å². The molecule has 0 heterocycles. The number of benzene rings is 3. The van der Waals surface area contributed by atoms with Crippen molar-refractivity contribution in [3.63, 3.8) is 0 Å². The van der Waals surface area contributed by atoms with E-state index in [2.05, 4.69) is 5.32 Å². The fourth-order valence-corrected chi connectivity index (χ4v) is 4.77. The van der Waals surface area contributed by atoms with E-state index in [1.165, 1.54) is 22.5 Å². The highest BCUT2D eigenvalue weighted by Crippen LogP contribution is 2.27. The molecule has 0 aliphatic carbocycles. The van der Waals surface area contributed by atoms with E-state index < -0.39 is 39.1 Å². The molecule has 0 bridgehead atoms. The normalized spacial score (nSPS) is 11.3. The minimum Gasteiger partial charge on any atom is -0.319 e. The van der Waals surface area contributed by atoms with E-state index >= 15 is 0 Å². The van der Waals surface area contributed by atoms with Crippen LogP contribution in [0.25, 0.3) is 0 Å². The van der Waals surface area contributed by atoms with Crippen LogP contribution in [0, 0.1) is 24.4 Å². The predicted octanol–water partition coefficient (Wildman–Crippen LogP) is 4.88. The van der Waals surface area contributed by atoms with Crippen LogP contribution in [0.15, 0.2) is 65.6 Å². The number of carbonyl (C=O) groups excluding carboxylic acids is 1. The van der Waals surface area contributed by atoms with Crippen LogP contribution in [0.3, 0.4) is 0 Å². The zero-order valence-corrected chi connectivity index (χ0v) is 17.5. The van der Waals surface area contributed by atoms with Gasteiger partial charge in [0.1, 0.15) is 0 Å². The molecule has 0 aromatic heterocycles. The molecule has 3 aromatic rings. The molecule has 0 spiro atoms. The van der Waals surface area contributed by atoms with E-state index in [0.717, 1.165) is 6.07 Å². The molecule has 3 aromatic carbocycles. The van der Waals surface area contributed by atoms with Gasteiger partial charge in [0.25, 0.3) is 15.9 Å². The zero-order valence-electron chi connectivity index (χ0n) is 16.7. The van der Waals surface area contributed by atoms with E-state index in [-0.39, 0.29) is 17.0 Å². The molecule has 5 nitrogen and oxygen atoms in total. The molecule has 0 saturated carbocycles. The lowest BCUT2D eigenvalue weighted by atomic mass is 10.1. The summed E-state index contributed by atoms with van der Waals surface area (Å²) in [4.78, 5) is 12.5. The summed E-state index contributed by atoms with van der Waals surface area (Å²) >= 11 is 0. The first-order valence-electron chi connectivity index (χ1n) is 9.30. The maximum Gasteiger partial charge on any atom is 0.264 e. The number of nitrogens with zero attached hydrogens (tertiary/aromatic N) is 1. The Hall–Kier alpha value is -3.33. The number of hydrogen-bond acceptors (Lipinski definition) is 3. The molecule has 0 radical (unpaired) electrons. The van der Waals surface area contributed by atoms with Gasteiger partial charge in [-0.25, -0.2) is 21.6 Å². The highest BCUT2D eigenvalue weighted by Gasteiger charge is 2.26. The Morgan fingerprint density at radius 2 is 1.65 bits per heavy atom. The van der Waals surface area contributed by atoms with Crippen molar-refractivity contribution in [2.24, 2.45) is 0 Å². The molecule has 0 fully saturated rings. The first kappa shape index (κ1) is 22.4. The minimum atomic E-state index is -4.01. The summed E-state index contributed by atoms with van der Waals surface area (Å²) in [5.74, 6) is -5.52. The number of nitrogens with one attached hydrogen (secondary N) is 1. The van der Waals surface area contributed by atoms with E-state index in [1.54, 1.807) is 44.2 Å². The fourth-order valence-electron chi connectivity index (χ4n) is 3.04. The van der Waals surface area contributed by atoms with Crippen LogP contribution >= 0.6 is 0 Å². The molecule has 162 valence electrons. The molecule has 0 aliphatic heterocycles. The maximum atomic E-state index is 13.9. The van der Waals surface area contributed by atoms with Crippen molar-refractivity contribution in [3.8, 4) is 0 Å². The number of carbonyl (C=O) groups is 1. The second-order valence-electron chi connectivity index (χ2n) is 6.66. The van der Waals surface area contributed by atoms with Gasteiger partial charge in [0.2, 0.25) is 0 Å². The molecule has 3 rings (SSSR count).